The number of hydrogen-bond donors (Lipinski definition) is 1. The lowest BCUT2D eigenvalue weighted by molar-refractivity contribution is 0.253. The molecule has 1 heterocycles. The molecule has 1 aliphatic heterocycles. The van der Waals surface area contributed by atoms with E-state index in [1.165, 1.54) is 32.6 Å². The highest BCUT2D eigenvalue weighted by Gasteiger charge is 2.12. The third-order valence-corrected chi connectivity index (χ3v) is 2.66. The Kier molecular flexibility index (Phi) is 4.70. The molecule has 1 saturated heterocycles. The first kappa shape index (κ1) is 11.0. The molecule has 3 nitrogen and oxygen atoms in total. The van der Waals surface area contributed by atoms with E-state index in [1.807, 2.05) is 0 Å². The van der Waals surface area contributed by atoms with E-state index in [9.17, 15) is 0 Å². The average Bonchev–Trinajstić information content (AvgIpc) is 2.27. The highest BCUT2D eigenvalue weighted by Crippen LogP contribution is 2.00. The van der Waals surface area contributed by atoms with Crippen LogP contribution < -0.4 is 5.32 Å². The Balaban J connectivity index is 2.18. The quantitative estimate of drug-likeness (QED) is 0.679. The van der Waals surface area contributed by atoms with Gasteiger partial charge in [0.15, 0.2) is 0 Å². The molecule has 78 valence electrons. The smallest absolute Gasteiger partial charge is 0.0110 e. The summed E-state index contributed by atoms with van der Waals surface area (Å²) < 4.78 is 0. The molecule has 0 aliphatic carbocycles. The van der Waals surface area contributed by atoms with Crippen LogP contribution in [0.25, 0.3) is 0 Å². The third kappa shape index (κ3) is 4.60. The van der Waals surface area contributed by atoms with Crippen LogP contribution in [0.1, 0.15) is 13.3 Å². The van der Waals surface area contributed by atoms with Gasteiger partial charge in [0, 0.05) is 32.2 Å². The van der Waals surface area contributed by atoms with Gasteiger partial charge >= 0.3 is 0 Å². The lowest BCUT2D eigenvalue weighted by Crippen LogP contribution is -2.34. The third-order valence-electron chi connectivity index (χ3n) is 2.66. The fraction of sp³-hybridized carbons (Fsp3) is 1.00. The summed E-state index contributed by atoms with van der Waals surface area (Å²) in [6, 6.07) is 0.698. The van der Waals surface area contributed by atoms with Gasteiger partial charge in [0.2, 0.25) is 0 Å². The van der Waals surface area contributed by atoms with Crippen LogP contribution in [0.3, 0.4) is 0 Å². The topological polar surface area (TPSA) is 18.5 Å². The Morgan fingerprint density at radius 2 is 2.15 bits per heavy atom. The van der Waals surface area contributed by atoms with E-state index >= 15 is 0 Å². The zero-order valence-corrected chi connectivity index (χ0v) is 9.21. The van der Waals surface area contributed by atoms with Crippen LogP contribution in [0.5, 0.6) is 0 Å². The molecule has 0 radical (unpaired) electrons. The van der Waals surface area contributed by atoms with Crippen molar-refractivity contribution in [3.63, 3.8) is 0 Å². The van der Waals surface area contributed by atoms with E-state index < -0.39 is 0 Å². The first-order valence-electron chi connectivity index (χ1n) is 5.29. The Labute approximate surface area is 82.1 Å². The maximum absolute atomic E-state index is 3.51. The minimum atomic E-state index is 0.698. The van der Waals surface area contributed by atoms with E-state index in [1.54, 1.807) is 0 Å². The molecule has 0 aromatic carbocycles. The van der Waals surface area contributed by atoms with Crippen LogP contribution in [0, 0.1) is 0 Å². The van der Waals surface area contributed by atoms with Gasteiger partial charge in [0.25, 0.3) is 0 Å². The largest absolute Gasteiger partial charge is 0.313 e. The van der Waals surface area contributed by atoms with Gasteiger partial charge in [0.1, 0.15) is 0 Å². The van der Waals surface area contributed by atoms with Crippen LogP contribution in [-0.4, -0.2) is 62.7 Å². The Hall–Kier alpha value is -0.120. The van der Waals surface area contributed by atoms with Gasteiger partial charge in [-0.15, -0.1) is 0 Å². The van der Waals surface area contributed by atoms with Crippen molar-refractivity contribution in [3.05, 3.63) is 0 Å². The maximum Gasteiger partial charge on any atom is 0.0110 e. The predicted molar refractivity (Wildman–Crippen MR) is 57.1 cm³/mol. The molecule has 0 aromatic rings. The second-order valence-corrected chi connectivity index (χ2v) is 4.29. The minimum absolute atomic E-state index is 0.698. The van der Waals surface area contributed by atoms with Gasteiger partial charge in [-0.2, -0.15) is 0 Å². The van der Waals surface area contributed by atoms with Crippen molar-refractivity contribution in [2.45, 2.75) is 19.4 Å². The van der Waals surface area contributed by atoms with Gasteiger partial charge in [-0.25, -0.2) is 0 Å². The molecule has 0 spiro atoms. The van der Waals surface area contributed by atoms with Crippen molar-refractivity contribution in [1.29, 1.82) is 0 Å². The first-order chi connectivity index (χ1) is 6.18. The molecule has 0 aromatic heterocycles. The van der Waals surface area contributed by atoms with E-state index in [2.05, 4.69) is 36.1 Å². The van der Waals surface area contributed by atoms with Gasteiger partial charge in [0.05, 0.1) is 0 Å². The normalized spacial score (nSPS) is 26.3. The Bertz CT molecular complexity index is 136. The molecule has 0 saturated carbocycles. The van der Waals surface area contributed by atoms with Gasteiger partial charge in [-0.05, 0) is 34.0 Å². The summed E-state index contributed by atoms with van der Waals surface area (Å²) in [5, 5.41) is 3.51. The van der Waals surface area contributed by atoms with Gasteiger partial charge in [-0.1, -0.05) is 0 Å². The Morgan fingerprint density at radius 3 is 2.85 bits per heavy atom. The van der Waals surface area contributed by atoms with Gasteiger partial charge in [-0.3, -0.25) is 0 Å². The maximum atomic E-state index is 3.51. The summed E-state index contributed by atoms with van der Waals surface area (Å²) in [4.78, 5) is 4.80. The number of nitrogens with zero attached hydrogens (tertiary/aromatic N) is 2. The molecule has 1 rings (SSSR count). The molecule has 1 fully saturated rings. The number of likely N-dealkylation sites (N-methyl/N-ethyl adjacent to an activating group) is 1. The van der Waals surface area contributed by atoms with E-state index in [4.69, 9.17) is 0 Å². The van der Waals surface area contributed by atoms with Crippen LogP contribution in [0.15, 0.2) is 0 Å². The first-order valence-corrected chi connectivity index (χ1v) is 5.29. The van der Waals surface area contributed by atoms with Crippen molar-refractivity contribution in [3.8, 4) is 0 Å². The van der Waals surface area contributed by atoms with Crippen molar-refractivity contribution < 1.29 is 0 Å². The molecular formula is C10H23N3. The van der Waals surface area contributed by atoms with Gasteiger partial charge < -0.3 is 15.1 Å². The van der Waals surface area contributed by atoms with E-state index in [-0.39, 0.29) is 0 Å². The fourth-order valence-electron chi connectivity index (χ4n) is 1.62. The van der Waals surface area contributed by atoms with Crippen molar-refractivity contribution in [2.75, 3.05) is 46.8 Å². The number of rotatable bonds is 3. The minimum Gasteiger partial charge on any atom is -0.313 e. The average molecular weight is 185 g/mol. The highest BCUT2D eigenvalue weighted by atomic mass is 15.2. The van der Waals surface area contributed by atoms with Crippen molar-refractivity contribution >= 4 is 0 Å². The fourth-order valence-corrected chi connectivity index (χ4v) is 1.62. The SMILES string of the molecule is CC1CCN(CCN(C)C)CCN1. The van der Waals surface area contributed by atoms with Crippen LogP contribution in [0.2, 0.25) is 0 Å². The summed E-state index contributed by atoms with van der Waals surface area (Å²) in [7, 11) is 4.28. The molecule has 1 atom stereocenters. The molecule has 0 bridgehead atoms. The molecule has 3 heteroatoms. The second-order valence-electron chi connectivity index (χ2n) is 4.29. The van der Waals surface area contributed by atoms with Crippen molar-refractivity contribution in [1.82, 2.24) is 15.1 Å². The zero-order chi connectivity index (χ0) is 9.68. The standard InChI is InChI=1S/C10H23N3/c1-10-4-6-13(7-5-11-10)9-8-12(2)3/h10-11H,4-9H2,1-3H3. The summed E-state index contributed by atoms with van der Waals surface area (Å²) >= 11 is 0. The van der Waals surface area contributed by atoms with E-state index in [0.29, 0.717) is 6.04 Å². The second kappa shape index (κ2) is 5.58. The van der Waals surface area contributed by atoms with Crippen LogP contribution in [-0.2, 0) is 0 Å². The summed E-state index contributed by atoms with van der Waals surface area (Å²) in [6.45, 7) is 8.26. The summed E-state index contributed by atoms with van der Waals surface area (Å²) in [5.74, 6) is 0. The Morgan fingerprint density at radius 1 is 1.38 bits per heavy atom. The summed E-state index contributed by atoms with van der Waals surface area (Å²) in [6.07, 6.45) is 1.29. The monoisotopic (exact) mass is 185 g/mol. The zero-order valence-electron chi connectivity index (χ0n) is 9.21. The highest BCUT2D eigenvalue weighted by molar-refractivity contribution is 4.71. The lowest BCUT2D eigenvalue weighted by atomic mass is 10.2. The number of hydrogen-bond acceptors (Lipinski definition) is 3. The summed E-state index contributed by atoms with van der Waals surface area (Å²) in [5.41, 5.74) is 0. The molecule has 0 amide bonds. The van der Waals surface area contributed by atoms with Crippen LogP contribution in [0.4, 0.5) is 0 Å². The molecule has 13 heavy (non-hydrogen) atoms. The molecular weight excluding hydrogens is 162 g/mol. The number of nitrogens with one attached hydrogen (secondary N) is 1. The lowest BCUT2D eigenvalue weighted by Gasteiger charge is -2.21. The van der Waals surface area contributed by atoms with Crippen molar-refractivity contribution in [2.24, 2.45) is 0 Å². The molecule has 1 aliphatic rings. The van der Waals surface area contributed by atoms with E-state index in [0.717, 1.165) is 6.54 Å². The van der Waals surface area contributed by atoms with Crippen LogP contribution >= 0.6 is 0 Å². The molecule has 1 N–H and O–H groups in total. The molecule has 1 unspecified atom stereocenters. The predicted octanol–water partition coefficient (Wildman–Crippen LogP) is 0.232.